The number of carbonyl (C=O) groups excluding carboxylic acids is 1. The zero-order valence-corrected chi connectivity index (χ0v) is 23.8. The van der Waals surface area contributed by atoms with Gasteiger partial charge in [0.2, 0.25) is 0 Å². The maximum absolute atomic E-state index is 14.7. The Hall–Kier alpha value is -1.99. The van der Waals surface area contributed by atoms with Crippen LogP contribution in [0.15, 0.2) is 41.7 Å². The molecule has 1 aromatic rings. The van der Waals surface area contributed by atoms with Crippen molar-refractivity contribution >= 4 is 5.78 Å². The van der Waals surface area contributed by atoms with Gasteiger partial charge in [-0.1, -0.05) is 86.1 Å². The summed E-state index contributed by atoms with van der Waals surface area (Å²) < 4.78 is 29.0. The summed E-state index contributed by atoms with van der Waals surface area (Å²) in [7, 11) is 0. The van der Waals surface area contributed by atoms with E-state index in [1.165, 1.54) is 12.8 Å². The highest BCUT2D eigenvalue weighted by Crippen LogP contribution is 2.52. The topological polar surface area (TPSA) is 17.1 Å². The highest BCUT2D eigenvalue weighted by atomic mass is 19.2. The fourth-order valence-electron chi connectivity index (χ4n) is 6.21. The predicted octanol–water partition coefficient (Wildman–Crippen LogP) is 9.59. The van der Waals surface area contributed by atoms with Gasteiger partial charge in [-0.15, -0.1) is 5.73 Å². The molecule has 1 aliphatic rings. The van der Waals surface area contributed by atoms with Crippen molar-refractivity contribution in [3.8, 4) is 0 Å². The van der Waals surface area contributed by atoms with Crippen LogP contribution in [-0.2, 0) is 17.6 Å². The summed E-state index contributed by atoms with van der Waals surface area (Å²) in [4.78, 5) is 13.8. The van der Waals surface area contributed by atoms with Gasteiger partial charge in [-0.2, -0.15) is 0 Å². The summed E-state index contributed by atoms with van der Waals surface area (Å²) >= 11 is 0. The molecular formula is C33H48F2O. The molecule has 0 aromatic heterocycles. The molecule has 3 unspecified atom stereocenters. The van der Waals surface area contributed by atoms with Crippen LogP contribution in [0.2, 0.25) is 0 Å². The van der Waals surface area contributed by atoms with Gasteiger partial charge in [0.05, 0.1) is 0 Å². The normalized spacial score (nSPS) is 21.2. The molecule has 0 heterocycles. The maximum Gasteiger partial charge on any atom is 0.163 e. The summed E-state index contributed by atoms with van der Waals surface area (Å²) in [5.41, 5.74) is 5.54. The highest BCUT2D eigenvalue weighted by Gasteiger charge is 2.43. The van der Waals surface area contributed by atoms with Gasteiger partial charge in [0.15, 0.2) is 17.4 Å². The van der Waals surface area contributed by atoms with Gasteiger partial charge in [-0.05, 0) is 78.7 Å². The second-order valence-corrected chi connectivity index (χ2v) is 11.6. The first kappa shape index (κ1) is 30.2. The van der Waals surface area contributed by atoms with Crippen molar-refractivity contribution in [2.75, 3.05) is 0 Å². The molecule has 3 heteroatoms. The SMILES string of the molecule is C=C=C(/C(=C/C1CCCC1(CC)C(C)C)C(=O)CCc1ccc(CC)c(F)c1F)C(C)CCC(C)C. The Morgan fingerprint density at radius 2 is 1.75 bits per heavy atom. The van der Waals surface area contributed by atoms with E-state index in [4.69, 9.17) is 0 Å². The van der Waals surface area contributed by atoms with Crippen molar-refractivity contribution in [2.45, 2.75) is 106 Å². The van der Waals surface area contributed by atoms with Gasteiger partial charge in [0, 0.05) is 17.6 Å². The Bertz CT molecular complexity index is 980. The van der Waals surface area contributed by atoms with Gasteiger partial charge in [-0.3, -0.25) is 4.79 Å². The number of aryl methyl sites for hydroxylation is 2. The van der Waals surface area contributed by atoms with Crippen molar-refractivity contribution in [3.05, 3.63) is 64.4 Å². The number of carbonyl (C=O) groups is 1. The van der Waals surface area contributed by atoms with Crippen molar-refractivity contribution in [2.24, 2.45) is 29.1 Å². The number of Topliss-reactive ketones (excluding diaryl/α,β-unsaturated/α-hetero) is 1. The summed E-state index contributed by atoms with van der Waals surface area (Å²) in [6, 6.07) is 3.26. The molecular weight excluding hydrogens is 450 g/mol. The number of allylic oxidation sites excluding steroid dienone is 3. The first-order chi connectivity index (χ1) is 17.0. The summed E-state index contributed by atoms with van der Waals surface area (Å²) in [6.07, 6.45) is 9.51. The standard InChI is InChI=1S/C33H48F2O/c1-9-25-16-17-26(32(35)31(25)34)18-19-30(36)29(28(10-2)24(8)15-14-22(4)5)21-27-13-12-20-33(27,11-3)23(6)7/h16-17,21-24,27H,2,9,11-15,18-20H2,1,3-8H3/b29-21-. The number of halogens is 2. The molecule has 200 valence electrons. The fraction of sp³-hybridized carbons (Fsp3) is 0.636. The lowest BCUT2D eigenvalue weighted by Crippen LogP contribution is -2.30. The van der Waals surface area contributed by atoms with E-state index in [1.807, 2.05) is 0 Å². The second-order valence-electron chi connectivity index (χ2n) is 11.6. The number of hydrogen-bond donors (Lipinski definition) is 0. The fourth-order valence-corrected chi connectivity index (χ4v) is 6.21. The zero-order valence-electron chi connectivity index (χ0n) is 23.8. The molecule has 1 aromatic carbocycles. The highest BCUT2D eigenvalue weighted by molar-refractivity contribution is 5.99. The number of benzene rings is 1. The average molecular weight is 499 g/mol. The first-order valence-electron chi connectivity index (χ1n) is 14.1. The second kappa shape index (κ2) is 13.5. The lowest BCUT2D eigenvalue weighted by atomic mass is 9.66. The summed E-state index contributed by atoms with van der Waals surface area (Å²) in [6.45, 7) is 19.2. The van der Waals surface area contributed by atoms with E-state index in [2.05, 4.69) is 59.9 Å². The van der Waals surface area contributed by atoms with Crippen LogP contribution in [0.3, 0.4) is 0 Å². The zero-order chi connectivity index (χ0) is 27.0. The molecule has 0 amide bonds. The summed E-state index contributed by atoms with van der Waals surface area (Å²) in [5, 5.41) is 0. The van der Waals surface area contributed by atoms with Crippen LogP contribution in [0.5, 0.6) is 0 Å². The van der Waals surface area contributed by atoms with Crippen molar-refractivity contribution < 1.29 is 13.6 Å². The van der Waals surface area contributed by atoms with Crippen LogP contribution in [0.4, 0.5) is 8.78 Å². The first-order valence-corrected chi connectivity index (χ1v) is 14.1. The molecule has 0 bridgehead atoms. The van der Waals surface area contributed by atoms with E-state index < -0.39 is 11.6 Å². The summed E-state index contributed by atoms with van der Waals surface area (Å²) in [5.74, 6) is -0.0476. The van der Waals surface area contributed by atoms with Gasteiger partial charge in [-0.25, -0.2) is 8.78 Å². The van der Waals surface area contributed by atoms with Gasteiger partial charge < -0.3 is 0 Å². The Morgan fingerprint density at radius 3 is 2.31 bits per heavy atom. The number of hydrogen-bond acceptors (Lipinski definition) is 1. The van der Waals surface area contributed by atoms with Crippen LogP contribution in [0.1, 0.15) is 105 Å². The third-order valence-electron chi connectivity index (χ3n) is 8.77. The Labute approximate surface area is 219 Å². The molecule has 1 aliphatic carbocycles. The monoisotopic (exact) mass is 498 g/mol. The molecule has 1 nitrogen and oxygen atoms in total. The minimum absolute atomic E-state index is 0.0161. The molecule has 0 radical (unpaired) electrons. The lowest BCUT2D eigenvalue weighted by molar-refractivity contribution is -0.115. The Balaban J connectivity index is 2.42. The third kappa shape index (κ3) is 6.86. The molecule has 1 fully saturated rings. The number of rotatable bonds is 13. The molecule has 2 rings (SSSR count). The maximum atomic E-state index is 14.7. The van der Waals surface area contributed by atoms with Crippen LogP contribution >= 0.6 is 0 Å². The molecule has 0 saturated heterocycles. The largest absolute Gasteiger partial charge is 0.294 e. The van der Waals surface area contributed by atoms with Crippen LogP contribution < -0.4 is 0 Å². The van der Waals surface area contributed by atoms with Crippen molar-refractivity contribution in [3.63, 3.8) is 0 Å². The van der Waals surface area contributed by atoms with Gasteiger partial charge >= 0.3 is 0 Å². The average Bonchev–Trinajstić information content (AvgIpc) is 3.27. The molecule has 36 heavy (non-hydrogen) atoms. The van der Waals surface area contributed by atoms with Crippen molar-refractivity contribution in [1.82, 2.24) is 0 Å². The number of ketones is 1. The van der Waals surface area contributed by atoms with E-state index in [0.29, 0.717) is 35.3 Å². The van der Waals surface area contributed by atoms with Crippen molar-refractivity contribution in [1.29, 1.82) is 0 Å². The molecule has 0 spiro atoms. The van der Waals surface area contributed by atoms with E-state index in [0.717, 1.165) is 31.3 Å². The van der Waals surface area contributed by atoms with E-state index in [1.54, 1.807) is 19.1 Å². The third-order valence-corrected chi connectivity index (χ3v) is 8.77. The predicted molar refractivity (Wildman–Crippen MR) is 148 cm³/mol. The van der Waals surface area contributed by atoms with Crippen LogP contribution in [0, 0.1) is 40.7 Å². The molecule has 1 saturated carbocycles. The van der Waals surface area contributed by atoms with E-state index >= 15 is 0 Å². The van der Waals surface area contributed by atoms with Gasteiger partial charge in [0.25, 0.3) is 0 Å². The van der Waals surface area contributed by atoms with Crippen LogP contribution in [-0.4, -0.2) is 5.78 Å². The molecule has 0 N–H and O–H groups in total. The minimum Gasteiger partial charge on any atom is -0.294 e. The Kier molecular flexibility index (Phi) is 11.4. The van der Waals surface area contributed by atoms with Gasteiger partial charge in [0.1, 0.15) is 0 Å². The minimum atomic E-state index is -0.821. The quantitative estimate of drug-likeness (QED) is 0.150. The smallest absolute Gasteiger partial charge is 0.163 e. The molecule has 0 aliphatic heterocycles. The molecule has 3 atom stereocenters. The van der Waals surface area contributed by atoms with Crippen LogP contribution in [0.25, 0.3) is 0 Å². The van der Waals surface area contributed by atoms with E-state index in [9.17, 15) is 13.6 Å². The lowest BCUT2D eigenvalue weighted by Gasteiger charge is -2.38. The Morgan fingerprint density at radius 1 is 1.11 bits per heavy atom. The van der Waals surface area contributed by atoms with E-state index in [-0.39, 0.29) is 35.5 Å².